The van der Waals surface area contributed by atoms with Crippen LogP contribution < -0.4 is 0 Å². The zero-order valence-corrected chi connectivity index (χ0v) is 11.2. The van der Waals surface area contributed by atoms with Crippen LogP contribution in [0.3, 0.4) is 0 Å². The summed E-state index contributed by atoms with van der Waals surface area (Å²) < 4.78 is 55.4. The third kappa shape index (κ3) is 3.99. The Morgan fingerprint density at radius 2 is 1.17 bits per heavy atom. The van der Waals surface area contributed by atoms with Crippen molar-refractivity contribution in [2.24, 2.45) is 0 Å². The highest BCUT2D eigenvalue weighted by Gasteiger charge is 2.40. The van der Waals surface area contributed by atoms with Gasteiger partial charge in [-0.15, -0.1) is 0 Å². The van der Waals surface area contributed by atoms with E-state index in [2.05, 4.69) is 0 Å². The highest BCUT2D eigenvalue weighted by Crippen LogP contribution is 2.24. The minimum atomic E-state index is -4.77. The summed E-state index contributed by atoms with van der Waals surface area (Å²) in [6.07, 6.45) is 0. The first-order valence-corrected chi connectivity index (χ1v) is 7.77. The lowest BCUT2D eigenvalue weighted by atomic mass is 11.0. The first-order chi connectivity index (χ1) is 5.07. The Balaban J connectivity index is 5.26. The van der Waals surface area contributed by atoms with E-state index < -0.39 is 26.7 Å². The summed E-state index contributed by atoms with van der Waals surface area (Å²) in [5, 5.41) is 0. The van der Waals surface area contributed by atoms with Gasteiger partial charge in [0.2, 0.25) is 4.58 Å². The maximum atomic E-state index is 10.4. The van der Waals surface area contributed by atoms with Crippen LogP contribution in [0.2, 0.25) is 0 Å². The minimum absolute atomic E-state index is 0.967. The van der Waals surface area contributed by atoms with Crippen LogP contribution in [0.1, 0.15) is 0 Å². The molecule has 0 heterocycles. The predicted molar refractivity (Wildman–Crippen MR) is 58.7 cm³/mol. The summed E-state index contributed by atoms with van der Waals surface area (Å²) in [6.45, 7) is 0. The summed E-state index contributed by atoms with van der Waals surface area (Å²) in [6, 6.07) is 0. The Morgan fingerprint density at radius 1 is 0.917 bits per heavy atom. The molecule has 0 unspecified atom stereocenters. The quantitative estimate of drug-likeness (QED) is 0.370. The number of hydrogen-bond acceptors (Lipinski definition) is 4. The average molecular weight is 442 g/mol. The zero-order valence-electron chi connectivity index (χ0n) is 5.25. The van der Waals surface area contributed by atoms with E-state index in [1.54, 1.807) is 0 Å². The molecule has 2 N–H and O–H groups in total. The van der Waals surface area contributed by atoms with Crippen LogP contribution in [0.15, 0.2) is 0 Å². The Labute approximate surface area is 96.9 Å². The second-order valence-corrected chi connectivity index (χ2v) is 10.2. The van der Waals surface area contributed by atoms with Crippen molar-refractivity contribution in [1.29, 1.82) is 0 Å². The first-order valence-electron chi connectivity index (χ1n) is 2.27. The van der Waals surface area contributed by atoms with E-state index in [1.165, 1.54) is 45.2 Å². The molecule has 10 heteroatoms. The lowest BCUT2D eigenvalue weighted by molar-refractivity contribution is 0.459. The number of alkyl halides is 2. The van der Waals surface area contributed by atoms with E-state index in [9.17, 15) is 16.8 Å². The van der Waals surface area contributed by atoms with Gasteiger partial charge in [0.15, 0.2) is 0 Å². The van der Waals surface area contributed by atoms with Gasteiger partial charge < -0.3 is 0 Å². The van der Waals surface area contributed by atoms with Gasteiger partial charge in [0.1, 0.15) is 0 Å². The fraction of sp³-hybridized carbons (Fsp3) is 1.00. The lowest BCUT2D eigenvalue weighted by Gasteiger charge is -2.10. The van der Waals surface area contributed by atoms with Gasteiger partial charge in [-0.05, 0) is 0 Å². The summed E-state index contributed by atoms with van der Waals surface area (Å²) in [5.41, 5.74) is 0. The molecule has 0 aromatic rings. The molecule has 74 valence electrons. The van der Waals surface area contributed by atoms with Gasteiger partial charge in [0.05, 0.1) is 1.93 Å². The molecule has 0 saturated heterocycles. The number of rotatable bonds is 3. The van der Waals surface area contributed by atoms with Gasteiger partial charge in [-0.25, -0.2) is 0 Å². The smallest absolute Gasteiger partial charge is 0.284 e. The van der Waals surface area contributed by atoms with Crippen molar-refractivity contribution >= 4 is 65.4 Å². The Kier molecular flexibility index (Phi) is 4.65. The van der Waals surface area contributed by atoms with Crippen LogP contribution in [0.25, 0.3) is 0 Å². The molecule has 0 atom stereocenters. The van der Waals surface area contributed by atoms with Gasteiger partial charge in [-0.2, -0.15) is 16.8 Å². The molecular weight excluding hydrogens is 438 g/mol. The second-order valence-electron chi connectivity index (χ2n) is 1.73. The van der Waals surface area contributed by atoms with Crippen molar-refractivity contribution in [3.63, 3.8) is 0 Å². The van der Waals surface area contributed by atoms with Crippen LogP contribution in [0.4, 0.5) is 0 Å². The van der Waals surface area contributed by atoms with Crippen molar-refractivity contribution < 1.29 is 25.9 Å². The molecule has 0 bridgehead atoms. The molecule has 6 nitrogen and oxygen atoms in total. The molecule has 0 aliphatic heterocycles. The standard InChI is InChI=1S/C2H4I2O6S2/c3-1(4)2(11(5,6)7)12(8,9)10/h1-2H,(H,5,6,7)(H,8,9,10). The number of hydrogen-bond donors (Lipinski definition) is 2. The summed E-state index contributed by atoms with van der Waals surface area (Å²) in [4.78, 5) is 0. The van der Waals surface area contributed by atoms with Gasteiger partial charge in [-0.3, -0.25) is 9.11 Å². The monoisotopic (exact) mass is 442 g/mol. The highest BCUT2D eigenvalue weighted by molar-refractivity contribution is 14.2. The van der Waals surface area contributed by atoms with E-state index in [0.717, 1.165) is 0 Å². The van der Waals surface area contributed by atoms with E-state index in [0.29, 0.717) is 0 Å². The molecule has 0 spiro atoms. The molecule has 0 aromatic heterocycles. The third-order valence-electron chi connectivity index (χ3n) is 0.793. The van der Waals surface area contributed by atoms with Crippen molar-refractivity contribution in [2.75, 3.05) is 0 Å². The highest BCUT2D eigenvalue weighted by atomic mass is 127. The molecule has 0 fully saturated rings. The molecular formula is C2H4I2O6S2. The lowest BCUT2D eigenvalue weighted by Crippen LogP contribution is -2.34. The van der Waals surface area contributed by atoms with Gasteiger partial charge in [-0.1, -0.05) is 45.2 Å². The average Bonchev–Trinajstić information content (AvgIpc) is 1.49. The topological polar surface area (TPSA) is 109 Å². The fourth-order valence-corrected chi connectivity index (χ4v) is 6.62. The maximum Gasteiger partial charge on any atom is 0.286 e. The first kappa shape index (κ1) is 13.3. The van der Waals surface area contributed by atoms with Crippen LogP contribution in [-0.4, -0.2) is 32.5 Å². The summed E-state index contributed by atoms with van der Waals surface area (Å²) >= 11 is 2.93. The van der Waals surface area contributed by atoms with Crippen molar-refractivity contribution in [3.05, 3.63) is 0 Å². The van der Waals surface area contributed by atoms with Crippen molar-refractivity contribution in [1.82, 2.24) is 0 Å². The largest absolute Gasteiger partial charge is 0.286 e. The fourth-order valence-electron chi connectivity index (χ4n) is 0.414. The zero-order chi connectivity index (χ0) is 10.2. The third-order valence-corrected chi connectivity index (χ3v) is 7.36. The van der Waals surface area contributed by atoms with E-state index in [-0.39, 0.29) is 0 Å². The summed E-state index contributed by atoms with van der Waals surface area (Å²) in [7, 11) is -9.55. The molecule has 0 radical (unpaired) electrons. The van der Waals surface area contributed by atoms with Crippen LogP contribution in [-0.2, 0) is 20.2 Å². The Bertz CT molecular complexity index is 308. The van der Waals surface area contributed by atoms with E-state index in [1.807, 2.05) is 0 Å². The minimum Gasteiger partial charge on any atom is -0.284 e. The Morgan fingerprint density at radius 3 is 1.17 bits per heavy atom. The molecule has 0 aromatic carbocycles. The molecule has 0 aliphatic carbocycles. The summed E-state index contributed by atoms with van der Waals surface area (Å²) in [5.74, 6) is 0. The van der Waals surface area contributed by atoms with Crippen molar-refractivity contribution in [2.45, 2.75) is 6.51 Å². The van der Waals surface area contributed by atoms with E-state index >= 15 is 0 Å². The van der Waals surface area contributed by atoms with E-state index in [4.69, 9.17) is 9.11 Å². The van der Waals surface area contributed by atoms with Crippen LogP contribution in [0, 0.1) is 0 Å². The number of halogens is 2. The molecule has 0 amide bonds. The molecule has 0 aliphatic rings. The molecule has 0 rings (SSSR count). The van der Waals surface area contributed by atoms with Gasteiger partial charge in [0, 0.05) is 0 Å². The Hall–Kier alpha value is 1.28. The van der Waals surface area contributed by atoms with Gasteiger partial charge >= 0.3 is 0 Å². The molecule has 0 saturated carbocycles. The van der Waals surface area contributed by atoms with Gasteiger partial charge in [0.25, 0.3) is 20.2 Å². The normalized spacial score (nSPS) is 14.2. The SMILES string of the molecule is O=S(=O)(O)C(C(I)I)S(=O)(=O)O. The predicted octanol–water partition coefficient (Wildman–Crippen LogP) is 0.284. The molecule has 12 heavy (non-hydrogen) atoms. The maximum absolute atomic E-state index is 10.4. The van der Waals surface area contributed by atoms with Crippen LogP contribution in [0.5, 0.6) is 0 Å². The second kappa shape index (κ2) is 4.20. The van der Waals surface area contributed by atoms with Crippen LogP contribution >= 0.6 is 45.2 Å². The van der Waals surface area contributed by atoms with Crippen molar-refractivity contribution in [3.8, 4) is 0 Å².